The quantitative estimate of drug-likeness (QED) is 0.212. The van der Waals surface area contributed by atoms with E-state index < -0.39 is 29.9 Å². The van der Waals surface area contributed by atoms with Gasteiger partial charge in [-0.05, 0) is 24.1 Å². The molecule has 0 radical (unpaired) electrons. The average molecular weight is 567 g/mol. The Bertz CT molecular complexity index is 1000. The highest BCUT2D eigenvalue weighted by atomic mass is 16.6. The van der Waals surface area contributed by atoms with E-state index in [9.17, 15) is 39.6 Å². The SMILES string of the molecule is O=C(O)CN1CCN(CC(=O)O)CCN(CC(=O)O)C(Cc2ccc(OCC3CO3)cc2)CN(CC(=O)O)CC1. The summed E-state index contributed by atoms with van der Waals surface area (Å²) in [5.74, 6) is -3.50. The molecular weight excluding hydrogens is 528 g/mol. The lowest BCUT2D eigenvalue weighted by atomic mass is 10.0. The minimum atomic E-state index is -1.05. The van der Waals surface area contributed by atoms with Crippen molar-refractivity contribution in [1.29, 1.82) is 0 Å². The molecule has 2 aliphatic heterocycles. The Morgan fingerprint density at radius 3 is 1.70 bits per heavy atom. The number of aliphatic carboxylic acids is 4. The third-order valence-electron chi connectivity index (χ3n) is 6.80. The summed E-state index contributed by atoms with van der Waals surface area (Å²) in [5, 5.41) is 38.0. The van der Waals surface area contributed by atoms with Crippen LogP contribution in [0.1, 0.15) is 5.56 Å². The van der Waals surface area contributed by atoms with Crippen molar-refractivity contribution in [2.75, 3.05) is 85.2 Å². The first-order valence-corrected chi connectivity index (χ1v) is 13.2. The number of hydrogen-bond acceptors (Lipinski definition) is 10. The van der Waals surface area contributed by atoms with Crippen molar-refractivity contribution >= 4 is 23.9 Å². The lowest BCUT2D eigenvalue weighted by Crippen LogP contribution is -2.53. The van der Waals surface area contributed by atoms with Crippen LogP contribution in [0, 0.1) is 0 Å². The average Bonchev–Trinajstić information content (AvgIpc) is 3.69. The highest BCUT2D eigenvalue weighted by Crippen LogP contribution is 2.18. The molecule has 4 N–H and O–H groups in total. The molecule has 2 heterocycles. The fourth-order valence-electron chi connectivity index (χ4n) is 4.70. The van der Waals surface area contributed by atoms with Gasteiger partial charge in [0.05, 0.1) is 32.8 Å². The Morgan fingerprint density at radius 2 is 1.20 bits per heavy atom. The molecule has 14 nitrogen and oxygen atoms in total. The number of rotatable bonds is 13. The van der Waals surface area contributed by atoms with Gasteiger partial charge in [-0.2, -0.15) is 0 Å². The lowest BCUT2D eigenvalue weighted by molar-refractivity contribution is -0.142. The standard InChI is InChI=1S/C26H38N4O10/c31-23(32)13-27-5-6-28(14-24(33)34)9-10-30(16-26(37)38)20(12-29(8-7-27)15-25(35)36)11-19-1-3-21(4-2-19)39-17-22-18-40-22/h1-4,20,22H,5-18H2,(H,31,32)(H,33,34)(H,35,36)(H,37,38). The van der Waals surface area contributed by atoms with Crippen molar-refractivity contribution < 1.29 is 49.1 Å². The second kappa shape index (κ2) is 15.5. The van der Waals surface area contributed by atoms with Gasteiger partial charge < -0.3 is 29.9 Å². The van der Waals surface area contributed by atoms with Gasteiger partial charge in [0.2, 0.25) is 0 Å². The molecule has 1 aromatic carbocycles. The van der Waals surface area contributed by atoms with Gasteiger partial charge in [0.1, 0.15) is 18.5 Å². The molecule has 14 heteroatoms. The van der Waals surface area contributed by atoms with Gasteiger partial charge in [-0.1, -0.05) is 12.1 Å². The number of ether oxygens (including phenoxy) is 2. The minimum absolute atomic E-state index is 0.118. The van der Waals surface area contributed by atoms with Gasteiger partial charge in [-0.3, -0.25) is 38.8 Å². The second-order valence-electron chi connectivity index (χ2n) is 10.1. The molecule has 0 aromatic heterocycles. The van der Waals surface area contributed by atoms with Gasteiger partial charge in [0, 0.05) is 51.9 Å². The van der Waals surface area contributed by atoms with Crippen molar-refractivity contribution in [2.45, 2.75) is 18.6 Å². The van der Waals surface area contributed by atoms with Crippen molar-refractivity contribution in [3.05, 3.63) is 29.8 Å². The van der Waals surface area contributed by atoms with E-state index in [0.717, 1.165) is 5.56 Å². The molecule has 2 unspecified atom stereocenters. The Balaban J connectivity index is 1.84. The van der Waals surface area contributed by atoms with E-state index in [4.69, 9.17) is 9.47 Å². The summed E-state index contributed by atoms with van der Waals surface area (Å²) in [4.78, 5) is 53.2. The molecule has 0 aliphatic carbocycles. The molecule has 0 amide bonds. The summed E-state index contributed by atoms with van der Waals surface area (Å²) < 4.78 is 10.9. The number of epoxide rings is 1. The summed E-state index contributed by atoms with van der Waals surface area (Å²) in [6.45, 7) is 1.72. The molecule has 0 spiro atoms. The van der Waals surface area contributed by atoms with Crippen molar-refractivity contribution in [3.63, 3.8) is 0 Å². The highest BCUT2D eigenvalue weighted by Gasteiger charge is 2.28. The van der Waals surface area contributed by atoms with Crippen LogP contribution in [0.2, 0.25) is 0 Å². The largest absolute Gasteiger partial charge is 0.491 e. The van der Waals surface area contributed by atoms with Crippen molar-refractivity contribution in [2.24, 2.45) is 0 Å². The molecule has 2 atom stereocenters. The van der Waals surface area contributed by atoms with E-state index in [2.05, 4.69) is 0 Å². The number of benzene rings is 1. The molecular formula is C26H38N4O10. The Morgan fingerprint density at radius 1 is 0.725 bits per heavy atom. The van der Waals surface area contributed by atoms with E-state index in [1.807, 2.05) is 24.3 Å². The van der Waals surface area contributed by atoms with Gasteiger partial charge in [-0.25, -0.2) is 0 Å². The topological polar surface area (TPSA) is 184 Å². The van der Waals surface area contributed by atoms with Gasteiger partial charge in [0.15, 0.2) is 0 Å². The fraction of sp³-hybridized carbons (Fsp3) is 0.615. The van der Waals surface area contributed by atoms with Crippen molar-refractivity contribution in [3.8, 4) is 5.75 Å². The Labute approximate surface area is 232 Å². The normalized spacial score (nSPS) is 22.1. The van der Waals surface area contributed by atoms with Gasteiger partial charge >= 0.3 is 23.9 Å². The molecule has 3 rings (SSSR count). The number of hydrogen-bond donors (Lipinski definition) is 4. The molecule has 0 bridgehead atoms. The van der Waals surface area contributed by atoms with Crippen LogP contribution in [0.5, 0.6) is 5.75 Å². The van der Waals surface area contributed by atoms with Crippen LogP contribution < -0.4 is 4.74 Å². The summed E-state index contributed by atoms with van der Waals surface area (Å²) in [6, 6.07) is 6.99. The first kappa shape index (κ1) is 31.2. The summed E-state index contributed by atoms with van der Waals surface area (Å²) in [6.07, 6.45) is 0.528. The van der Waals surface area contributed by atoms with Crippen molar-refractivity contribution in [1.82, 2.24) is 19.6 Å². The van der Waals surface area contributed by atoms with Crippen LogP contribution in [-0.4, -0.2) is 161 Å². The first-order chi connectivity index (χ1) is 19.1. The second-order valence-corrected chi connectivity index (χ2v) is 10.1. The number of carboxylic acids is 4. The van der Waals surface area contributed by atoms with E-state index in [-0.39, 0.29) is 78.1 Å². The van der Waals surface area contributed by atoms with E-state index in [0.29, 0.717) is 25.4 Å². The summed E-state index contributed by atoms with van der Waals surface area (Å²) >= 11 is 0. The molecule has 222 valence electrons. The third kappa shape index (κ3) is 11.8. The Kier molecular flexibility index (Phi) is 12.1. The van der Waals surface area contributed by atoms with Crippen LogP contribution >= 0.6 is 0 Å². The van der Waals surface area contributed by atoms with E-state index in [1.54, 1.807) is 19.6 Å². The predicted octanol–water partition coefficient (Wildman–Crippen LogP) is -1.06. The van der Waals surface area contributed by atoms with Crippen LogP contribution in [0.15, 0.2) is 24.3 Å². The Hall–Kier alpha value is -3.30. The molecule has 2 aliphatic rings. The maximum Gasteiger partial charge on any atom is 0.317 e. The smallest absolute Gasteiger partial charge is 0.317 e. The van der Waals surface area contributed by atoms with E-state index >= 15 is 0 Å². The highest BCUT2D eigenvalue weighted by molar-refractivity contribution is 5.70. The van der Waals surface area contributed by atoms with E-state index in [1.165, 1.54) is 0 Å². The van der Waals surface area contributed by atoms with Crippen LogP contribution in [0.3, 0.4) is 0 Å². The number of nitrogens with zero attached hydrogens (tertiary/aromatic N) is 4. The molecule has 40 heavy (non-hydrogen) atoms. The van der Waals surface area contributed by atoms with Crippen LogP contribution in [0.4, 0.5) is 0 Å². The maximum atomic E-state index is 11.8. The fourth-order valence-corrected chi connectivity index (χ4v) is 4.70. The zero-order chi connectivity index (χ0) is 29.1. The summed E-state index contributed by atoms with van der Waals surface area (Å²) in [7, 11) is 0. The zero-order valence-corrected chi connectivity index (χ0v) is 22.4. The molecule has 2 fully saturated rings. The van der Waals surface area contributed by atoms with Gasteiger partial charge in [0.25, 0.3) is 0 Å². The monoisotopic (exact) mass is 566 g/mol. The van der Waals surface area contributed by atoms with Crippen LogP contribution in [0.25, 0.3) is 0 Å². The number of carboxylic acid groups (broad SMARTS) is 4. The number of carbonyl (C=O) groups is 4. The third-order valence-corrected chi connectivity index (χ3v) is 6.80. The van der Waals surface area contributed by atoms with Gasteiger partial charge in [-0.15, -0.1) is 0 Å². The zero-order valence-electron chi connectivity index (χ0n) is 22.4. The predicted molar refractivity (Wildman–Crippen MR) is 141 cm³/mol. The first-order valence-electron chi connectivity index (χ1n) is 13.2. The maximum absolute atomic E-state index is 11.8. The molecule has 0 saturated carbocycles. The minimum Gasteiger partial charge on any atom is -0.491 e. The summed E-state index contributed by atoms with van der Waals surface area (Å²) in [5.41, 5.74) is 0.896. The van der Waals surface area contributed by atoms with Crippen LogP contribution in [-0.2, 0) is 30.3 Å². The molecule has 2 saturated heterocycles. The molecule has 1 aromatic rings. The lowest BCUT2D eigenvalue weighted by Gasteiger charge is -2.37.